The third kappa shape index (κ3) is 1.75. The fourth-order valence-electron chi connectivity index (χ4n) is 2.82. The Morgan fingerprint density at radius 3 is 2.32 bits per heavy atom. The molecule has 0 unspecified atom stereocenters. The molecule has 19 heavy (non-hydrogen) atoms. The minimum atomic E-state index is -0.974. The van der Waals surface area contributed by atoms with Crippen LogP contribution in [-0.2, 0) is 5.60 Å². The van der Waals surface area contributed by atoms with Crippen LogP contribution >= 0.6 is 0 Å². The molecular formula is C17H18O2. The summed E-state index contributed by atoms with van der Waals surface area (Å²) in [6.07, 6.45) is -0.342. The first kappa shape index (κ1) is 12.2. The first-order chi connectivity index (χ1) is 9.14. The smallest absolute Gasteiger partial charge is 0.157 e. The second-order valence-corrected chi connectivity index (χ2v) is 5.38. The summed E-state index contributed by atoms with van der Waals surface area (Å²) in [5.41, 5.74) is 0.923. The Labute approximate surface area is 113 Å². The molecule has 98 valence electrons. The van der Waals surface area contributed by atoms with E-state index in [4.69, 9.17) is 4.74 Å². The molecule has 0 bridgehead atoms. The van der Waals surface area contributed by atoms with Gasteiger partial charge in [0.25, 0.3) is 0 Å². The summed E-state index contributed by atoms with van der Waals surface area (Å²) >= 11 is 0. The molecule has 1 aliphatic rings. The second kappa shape index (κ2) is 4.39. The summed E-state index contributed by atoms with van der Waals surface area (Å²) in [7, 11) is 0. The van der Waals surface area contributed by atoms with Crippen LogP contribution in [0.2, 0.25) is 0 Å². The zero-order valence-electron chi connectivity index (χ0n) is 11.2. The van der Waals surface area contributed by atoms with Gasteiger partial charge in [0.05, 0.1) is 0 Å². The van der Waals surface area contributed by atoms with Crippen molar-refractivity contribution in [1.82, 2.24) is 0 Å². The van der Waals surface area contributed by atoms with Crippen molar-refractivity contribution in [2.45, 2.75) is 25.6 Å². The normalized spacial score (nSPS) is 25.2. The van der Waals surface area contributed by atoms with Gasteiger partial charge in [-0.25, -0.2) is 0 Å². The summed E-state index contributed by atoms with van der Waals surface area (Å²) in [6.45, 7) is 4.06. The molecule has 0 radical (unpaired) electrons. The first-order valence-corrected chi connectivity index (χ1v) is 6.67. The zero-order valence-corrected chi connectivity index (χ0v) is 11.2. The number of benzene rings is 2. The van der Waals surface area contributed by atoms with Gasteiger partial charge in [0.2, 0.25) is 0 Å². The monoisotopic (exact) mass is 254 g/mol. The summed E-state index contributed by atoms with van der Waals surface area (Å²) < 4.78 is 6.02. The lowest BCUT2D eigenvalue weighted by molar-refractivity contribution is -0.0777. The molecule has 2 aromatic carbocycles. The van der Waals surface area contributed by atoms with E-state index in [9.17, 15) is 5.11 Å². The molecule has 3 rings (SSSR count). The SMILES string of the molecule is CC(C)[C@@]1(O)c2ccccc2O[C@H]1c1ccccc1. The highest BCUT2D eigenvalue weighted by atomic mass is 16.5. The molecule has 2 heteroatoms. The van der Waals surface area contributed by atoms with Crippen LogP contribution in [0.5, 0.6) is 5.75 Å². The fraction of sp³-hybridized carbons (Fsp3) is 0.294. The topological polar surface area (TPSA) is 29.5 Å². The molecule has 2 aromatic rings. The van der Waals surface area contributed by atoms with Crippen LogP contribution < -0.4 is 4.74 Å². The maximum absolute atomic E-state index is 11.2. The van der Waals surface area contributed by atoms with E-state index in [-0.39, 0.29) is 12.0 Å². The molecular weight excluding hydrogens is 236 g/mol. The van der Waals surface area contributed by atoms with Crippen molar-refractivity contribution in [1.29, 1.82) is 0 Å². The van der Waals surface area contributed by atoms with Crippen molar-refractivity contribution in [2.24, 2.45) is 5.92 Å². The van der Waals surface area contributed by atoms with Crippen LogP contribution in [0.25, 0.3) is 0 Å². The van der Waals surface area contributed by atoms with Crippen LogP contribution in [-0.4, -0.2) is 5.11 Å². The average molecular weight is 254 g/mol. The quantitative estimate of drug-likeness (QED) is 0.886. The predicted octanol–water partition coefficient (Wildman–Crippen LogP) is 3.66. The van der Waals surface area contributed by atoms with Crippen molar-refractivity contribution < 1.29 is 9.84 Å². The molecule has 0 saturated heterocycles. The van der Waals surface area contributed by atoms with Crippen LogP contribution in [0, 0.1) is 5.92 Å². The van der Waals surface area contributed by atoms with Crippen molar-refractivity contribution in [3.63, 3.8) is 0 Å². The Balaban J connectivity index is 2.14. The van der Waals surface area contributed by atoms with Gasteiger partial charge in [0, 0.05) is 5.56 Å². The maximum Gasteiger partial charge on any atom is 0.157 e. The number of hydrogen-bond acceptors (Lipinski definition) is 2. The number of aliphatic hydroxyl groups is 1. The molecule has 1 N–H and O–H groups in total. The third-order valence-corrected chi connectivity index (χ3v) is 3.95. The molecule has 0 fully saturated rings. The first-order valence-electron chi connectivity index (χ1n) is 6.67. The lowest BCUT2D eigenvalue weighted by Gasteiger charge is -2.33. The molecule has 0 aromatic heterocycles. The van der Waals surface area contributed by atoms with Crippen LogP contribution in [0.1, 0.15) is 31.1 Å². The Bertz CT molecular complexity index is 577. The number of ether oxygens (including phenoxy) is 1. The lowest BCUT2D eigenvalue weighted by Crippen LogP contribution is -2.36. The standard InChI is InChI=1S/C17H18O2/c1-12(2)17(18)14-10-6-7-11-15(14)19-16(17)13-8-4-3-5-9-13/h3-12,16,18H,1-2H3/t16-,17+/m0/s1. The molecule has 0 spiro atoms. The van der Waals surface area contributed by atoms with E-state index in [1.54, 1.807) is 0 Å². The number of fused-ring (bicyclic) bond motifs is 1. The van der Waals surface area contributed by atoms with E-state index < -0.39 is 5.60 Å². The molecule has 2 nitrogen and oxygen atoms in total. The summed E-state index contributed by atoms with van der Waals surface area (Å²) in [6, 6.07) is 17.7. The van der Waals surface area contributed by atoms with Gasteiger partial charge in [-0.15, -0.1) is 0 Å². The highest BCUT2D eigenvalue weighted by molar-refractivity contribution is 5.45. The molecule has 0 saturated carbocycles. The molecule has 1 aliphatic heterocycles. The van der Waals surface area contributed by atoms with Crippen molar-refractivity contribution in [2.75, 3.05) is 0 Å². The number of rotatable bonds is 2. The third-order valence-electron chi connectivity index (χ3n) is 3.95. The zero-order chi connectivity index (χ0) is 13.5. The Morgan fingerprint density at radius 1 is 1.00 bits per heavy atom. The molecule has 2 atom stereocenters. The summed E-state index contributed by atoms with van der Waals surface area (Å²) in [5.74, 6) is 0.855. The van der Waals surface area contributed by atoms with Gasteiger partial charge in [-0.3, -0.25) is 0 Å². The van der Waals surface area contributed by atoms with E-state index >= 15 is 0 Å². The molecule has 1 heterocycles. The van der Waals surface area contributed by atoms with Crippen molar-refractivity contribution in [3.8, 4) is 5.75 Å². The molecule has 0 amide bonds. The predicted molar refractivity (Wildman–Crippen MR) is 75.0 cm³/mol. The average Bonchev–Trinajstić information content (AvgIpc) is 2.75. The van der Waals surface area contributed by atoms with Crippen LogP contribution in [0.3, 0.4) is 0 Å². The second-order valence-electron chi connectivity index (χ2n) is 5.38. The highest BCUT2D eigenvalue weighted by Gasteiger charge is 2.50. The van der Waals surface area contributed by atoms with E-state index in [1.807, 2.05) is 68.4 Å². The fourth-order valence-corrected chi connectivity index (χ4v) is 2.82. The summed E-state index contributed by atoms with van der Waals surface area (Å²) in [4.78, 5) is 0. The van der Waals surface area contributed by atoms with Crippen LogP contribution in [0.15, 0.2) is 54.6 Å². The van der Waals surface area contributed by atoms with E-state index in [2.05, 4.69) is 0 Å². The molecule has 0 aliphatic carbocycles. The van der Waals surface area contributed by atoms with Crippen molar-refractivity contribution >= 4 is 0 Å². The number of hydrogen-bond donors (Lipinski definition) is 1. The van der Waals surface area contributed by atoms with E-state index in [0.29, 0.717) is 0 Å². The summed E-state index contributed by atoms with van der Waals surface area (Å²) in [5, 5.41) is 11.2. The largest absolute Gasteiger partial charge is 0.482 e. The number of para-hydroxylation sites is 1. The Morgan fingerprint density at radius 2 is 1.63 bits per heavy atom. The Kier molecular flexibility index (Phi) is 2.83. The Hall–Kier alpha value is -1.80. The van der Waals surface area contributed by atoms with Crippen molar-refractivity contribution in [3.05, 3.63) is 65.7 Å². The van der Waals surface area contributed by atoms with E-state index in [0.717, 1.165) is 16.9 Å². The van der Waals surface area contributed by atoms with Gasteiger partial charge in [0.1, 0.15) is 11.4 Å². The maximum atomic E-state index is 11.2. The van der Waals surface area contributed by atoms with Gasteiger partial charge < -0.3 is 9.84 Å². The van der Waals surface area contributed by atoms with Gasteiger partial charge in [0.15, 0.2) is 6.10 Å². The van der Waals surface area contributed by atoms with Gasteiger partial charge >= 0.3 is 0 Å². The van der Waals surface area contributed by atoms with Gasteiger partial charge in [-0.2, -0.15) is 0 Å². The van der Waals surface area contributed by atoms with Gasteiger partial charge in [-0.1, -0.05) is 62.4 Å². The van der Waals surface area contributed by atoms with E-state index in [1.165, 1.54) is 0 Å². The minimum absolute atomic E-state index is 0.0707. The van der Waals surface area contributed by atoms with Crippen LogP contribution in [0.4, 0.5) is 0 Å². The lowest BCUT2D eigenvalue weighted by atomic mass is 9.78. The minimum Gasteiger partial charge on any atom is -0.482 e. The highest BCUT2D eigenvalue weighted by Crippen LogP contribution is 2.52. The van der Waals surface area contributed by atoms with Gasteiger partial charge in [-0.05, 0) is 17.5 Å².